The largest absolute Gasteiger partial charge is 0.494 e. The van der Waals surface area contributed by atoms with E-state index in [-0.39, 0.29) is 5.75 Å². The van der Waals surface area contributed by atoms with E-state index in [1.54, 1.807) is 24.3 Å². The van der Waals surface area contributed by atoms with E-state index >= 15 is 0 Å². The van der Waals surface area contributed by atoms with Gasteiger partial charge in [0.05, 0.1) is 12.8 Å². The highest BCUT2D eigenvalue weighted by Crippen LogP contribution is 2.28. The summed E-state index contributed by atoms with van der Waals surface area (Å²) in [5.41, 5.74) is 0.924. The molecule has 2 aromatic rings. The molecular weight excluding hydrogens is 233 g/mol. The van der Waals surface area contributed by atoms with Crippen molar-refractivity contribution < 1.29 is 9.13 Å². The van der Waals surface area contributed by atoms with Crippen molar-refractivity contribution in [3.8, 4) is 17.0 Å². The summed E-state index contributed by atoms with van der Waals surface area (Å²) in [7, 11) is 1.44. The summed E-state index contributed by atoms with van der Waals surface area (Å²) in [6.45, 7) is 2.71. The summed E-state index contributed by atoms with van der Waals surface area (Å²) in [5, 5.41) is 3.06. The molecule has 0 aliphatic rings. The number of nitrogens with one attached hydrogen (secondary N) is 1. The first-order valence-electron chi connectivity index (χ1n) is 5.65. The highest BCUT2D eigenvalue weighted by molar-refractivity contribution is 5.64. The van der Waals surface area contributed by atoms with Gasteiger partial charge in [-0.25, -0.2) is 14.4 Å². The van der Waals surface area contributed by atoms with E-state index in [0.717, 1.165) is 6.54 Å². The molecule has 0 bridgehead atoms. The van der Waals surface area contributed by atoms with Crippen LogP contribution in [0.25, 0.3) is 11.3 Å². The monoisotopic (exact) mass is 247 g/mol. The molecule has 1 N–H and O–H groups in total. The van der Waals surface area contributed by atoms with Crippen molar-refractivity contribution in [3.05, 3.63) is 36.4 Å². The highest BCUT2D eigenvalue weighted by atomic mass is 19.1. The fraction of sp³-hybridized carbons (Fsp3) is 0.231. The second-order valence-electron chi connectivity index (χ2n) is 3.64. The zero-order valence-electron chi connectivity index (χ0n) is 10.3. The Hall–Kier alpha value is -2.17. The van der Waals surface area contributed by atoms with Crippen LogP contribution >= 0.6 is 0 Å². The van der Waals surface area contributed by atoms with Gasteiger partial charge in [0.1, 0.15) is 12.1 Å². The smallest absolute Gasteiger partial charge is 0.174 e. The number of halogens is 1. The summed E-state index contributed by atoms with van der Waals surface area (Å²) in [4.78, 5) is 8.13. The standard InChI is InChI=1S/C13H14FN3O/c1-3-15-12-7-10(16-8-17-12)9-5-4-6-11(18-2)13(9)14/h4-8H,3H2,1-2H3,(H,15,16,17). The Morgan fingerprint density at radius 3 is 2.89 bits per heavy atom. The van der Waals surface area contributed by atoms with Gasteiger partial charge in [0, 0.05) is 18.2 Å². The first kappa shape index (κ1) is 12.3. The lowest BCUT2D eigenvalue weighted by Crippen LogP contribution is -2.00. The molecule has 0 atom stereocenters. The van der Waals surface area contributed by atoms with Crippen molar-refractivity contribution in [2.75, 3.05) is 19.0 Å². The maximum atomic E-state index is 14.1. The molecule has 0 fully saturated rings. The third-order valence-electron chi connectivity index (χ3n) is 2.48. The molecule has 0 amide bonds. The topological polar surface area (TPSA) is 47.0 Å². The second kappa shape index (κ2) is 5.44. The molecule has 0 aliphatic carbocycles. The molecule has 1 heterocycles. The van der Waals surface area contributed by atoms with Gasteiger partial charge in [-0.2, -0.15) is 0 Å². The van der Waals surface area contributed by atoms with Crippen LogP contribution in [0, 0.1) is 5.82 Å². The van der Waals surface area contributed by atoms with Gasteiger partial charge in [-0.15, -0.1) is 0 Å². The minimum Gasteiger partial charge on any atom is -0.494 e. The zero-order valence-corrected chi connectivity index (χ0v) is 10.3. The number of aromatic nitrogens is 2. The molecule has 1 aromatic carbocycles. The molecule has 0 saturated carbocycles. The summed E-state index contributed by atoms with van der Waals surface area (Å²) >= 11 is 0. The molecular formula is C13H14FN3O. The lowest BCUT2D eigenvalue weighted by atomic mass is 10.1. The average molecular weight is 247 g/mol. The van der Waals surface area contributed by atoms with Crippen molar-refractivity contribution in [1.29, 1.82) is 0 Å². The van der Waals surface area contributed by atoms with Gasteiger partial charge >= 0.3 is 0 Å². The van der Waals surface area contributed by atoms with Crippen LogP contribution in [0.1, 0.15) is 6.92 Å². The van der Waals surface area contributed by atoms with Crippen LogP contribution in [-0.4, -0.2) is 23.6 Å². The molecule has 94 valence electrons. The minimum absolute atomic E-state index is 0.205. The summed E-state index contributed by atoms with van der Waals surface area (Å²) < 4.78 is 19.0. The van der Waals surface area contributed by atoms with Gasteiger partial charge < -0.3 is 10.1 Å². The molecule has 1 aromatic heterocycles. The van der Waals surface area contributed by atoms with Crippen LogP contribution in [0.15, 0.2) is 30.6 Å². The van der Waals surface area contributed by atoms with Crippen molar-refractivity contribution in [2.45, 2.75) is 6.92 Å². The Balaban J connectivity index is 2.45. The number of benzene rings is 1. The van der Waals surface area contributed by atoms with Crippen LogP contribution < -0.4 is 10.1 Å². The fourth-order valence-electron chi connectivity index (χ4n) is 1.65. The molecule has 5 heteroatoms. The minimum atomic E-state index is -0.416. The van der Waals surface area contributed by atoms with Crippen LogP contribution in [-0.2, 0) is 0 Å². The second-order valence-corrected chi connectivity index (χ2v) is 3.64. The van der Waals surface area contributed by atoms with E-state index in [1.807, 2.05) is 6.92 Å². The fourth-order valence-corrected chi connectivity index (χ4v) is 1.65. The highest BCUT2D eigenvalue weighted by Gasteiger charge is 2.11. The maximum Gasteiger partial charge on any atom is 0.174 e. The number of ether oxygens (including phenoxy) is 1. The van der Waals surface area contributed by atoms with E-state index in [9.17, 15) is 4.39 Å². The van der Waals surface area contributed by atoms with Crippen molar-refractivity contribution >= 4 is 5.82 Å². The van der Waals surface area contributed by atoms with E-state index in [0.29, 0.717) is 17.1 Å². The number of hydrogen-bond acceptors (Lipinski definition) is 4. The quantitative estimate of drug-likeness (QED) is 0.902. The van der Waals surface area contributed by atoms with Gasteiger partial charge in [0.15, 0.2) is 11.6 Å². The molecule has 0 unspecified atom stereocenters. The van der Waals surface area contributed by atoms with Gasteiger partial charge in [-0.3, -0.25) is 0 Å². The number of nitrogens with zero attached hydrogens (tertiary/aromatic N) is 2. The molecule has 0 radical (unpaired) electrons. The maximum absolute atomic E-state index is 14.1. The third-order valence-corrected chi connectivity index (χ3v) is 2.48. The van der Waals surface area contributed by atoms with Gasteiger partial charge in [-0.05, 0) is 19.1 Å². The zero-order chi connectivity index (χ0) is 13.0. The summed E-state index contributed by atoms with van der Waals surface area (Å²) in [6, 6.07) is 6.68. The van der Waals surface area contributed by atoms with E-state index in [1.165, 1.54) is 13.4 Å². The van der Waals surface area contributed by atoms with Crippen LogP contribution in [0.4, 0.5) is 10.2 Å². The van der Waals surface area contributed by atoms with Gasteiger partial charge in [0.2, 0.25) is 0 Å². The van der Waals surface area contributed by atoms with Crippen LogP contribution in [0.3, 0.4) is 0 Å². The van der Waals surface area contributed by atoms with Crippen molar-refractivity contribution in [1.82, 2.24) is 9.97 Å². The number of methoxy groups -OCH3 is 1. The molecule has 0 saturated heterocycles. The lowest BCUT2D eigenvalue weighted by Gasteiger charge is -2.08. The Labute approximate surface area is 105 Å². The average Bonchev–Trinajstić information content (AvgIpc) is 2.40. The predicted octanol–water partition coefficient (Wildman–Crippen LogP) is 2.72. The molecule has 4 nitrogen and oxygen atoms in total. The van der Waals surface area contributed by atoms with E-state index in [4.69, 9.17) is 4.74 Å². The predicted molar refractivity (Wildman–Crippen MR) is 68.1 cm³/mol. The number of rotatable bonds is 4. The molecule has 0 spiro atoms. The SMILES string of the molecule is CCNc1cc(-c2cccc(OC)c2F)ncn1. The van der Waals surface area contributed by atoms with Crippen LogP contribution in [0.2, 0.25) is 0 Å². The normalized spacial score (nSPS) is 10.2. The molecule has 18 heavy (non-hydrogen) atoms. The van der Waals surface area contributed by atoms with Crippen molar-refractivity contribution in [3.63, 3.8) is 0 Å². The third kappa shape index (κ3) is 2.40. The van der Waals surface area contributed by atoms with Crippen LogP contribution in [0.5, 0.6) is 5.75 Å². The first-order valence-corrected chi connectivity index (χ1v) is 5.65. The van der Waals surface area contributed by atoms with E-state index < -0.39 is 5.82 Å². The Kier molecular flexibility index (Phi) is 3.72. The Bertz CT molecular complexity index is 546. The Morgan fingerprint density at radius 1 is 1.33 bits per heavy atom. The lowest BCUT2D eigenvalue weighted by molar-refractivity contribution is 0.387. The molecule has 0 aliphatic heterocycles. The van der Waals surface area contributed by atoms with Crippen molar-refractivity contribution in [2.24, 2.45) is 0 Å². The Morgan fingerprint density at radius 2 is 2.17 bits per heavy atom. The summed E-state index contributed by atoms with van der Waals surface area (Å²) in [6.07, 6.45) is 1.41. The summed E-state index contributed by atoms with van der Waals surface area (Å²) in [5.74, 6) is 0.460. The molecule has 2 rings (SSSR count). The first-order chi connectivity index (χ1) is 8.76. The van der Waals surface area contributed by atoms with E-state index in [2.05, 4.69) is 15.3 Å². The number of hydrogen-bond donors (Lipinski definition) is 1. The number of anilines is 1. The van der Waals surface area contributed by atoms with Gasteiger partial charge in [0.25, 0.3) is 0 Å². The van der Waals surface area contributed by atoms with Gasteiger partial charge in [-0.1, -0.05) is 6.07 Å².